The fourth-order valence-electron chi connectivity index (χ4n) is 0.621. The van der Waals surface area contributed by atoms with E-state index >= 15 is 0 Å². The molecule has 0 bridgehead atoms. The fraction of sp³-hybridized carbons (Fsp3) is 0.714. The van der Waals surface area contributed by atoms with Gasteiger partial charge < -0.3 is 9.47 Å². The molecule has 0 saturated heterocycles. The molecule has 0 saturated carbocycles. The van der Waals surface area contributed by atoms with E-state index in [-0.39, 0.29) is 12.7 Å². The molecule has 0 aromatic heterocycles. The molecule has 0 fully saturated rings. The summed E-state index contributed by atoms with van der Waals surface area (Å²) in [6.45, 7) is 6.92. The Morgan fingerprint density at radius 3 is 2.92 bits per heavy atom. The highest BCUT2D eigenvalue weighted by Crippen LogP contribution is 1.99. The lowest BCUT2D eigenvalue weighted by Gasteiger charge is -2.08. The number of methoxy groups -OCH3 is 1. The van der Waals surface area contributed by atoms with Gasteiger partial charge in [0.1, 0.15) is 0 Å². The maximum absolute atomic E-state index is 8.19. The van der Waals surface area contributed by atoms with Gasteiger partial charge in [-0.2, -0.15) is 16.7 Å². The third kappa shape index (κ3) is 5.33. The average Bonchev–Trinajstić information content (AvgIpc) is 2.10. The van der Waals surface area contributed by atoms with E-state index in [4.69, 9.17) is 16.6 Å². The molecule has 5 heteroatoms. The van der Waals surface area contributed by atoms with Crippen LogP contribution in [0.25, 0.3) is 5.01 Å². The molecule has 5 nitrogen and oxygen atoms in total. The van der Waals surface area contributed by atoms with Crippen LogP contribution in [0.2, 0.25) is 0 Å². The summed E-state index contributed by atoms with van der Waals surface area (Å²) in [6, 6.07) is 0. The van der Waals surface area contributed by atoms with E-state index in [0.717, 1.165) is 0 Å². The molecule has 0 aromatic carbocycles. The van der Waals surface area contributed by atoms with Crippen LogP contribution in [0.15, 0.2) is 0 Å². The summed E-state index contributed by atoms with van der Waals surface area (Å²) in [7, 11) is 1.55. The van der Waals surface area contributed by atoms with Crippen LogP contribution in [0.3, 0.4) is 0 Å². The normalized spacial score (nSPS) is 10.9. The molecule has 1 atom stereocenters. The molecular weight excluding hydrogens is 160 g/mol. The number of hydrogen-bond acceptors (Lipinski definition) is 4. The predicted molar refractivity (Wildman–Crippen MR) is 39.5 cm³/mol. The second-order valence-electron chi connectivity index (χ2n) is 2.00. The minimum absolute atomic E-state index is 0.0976. The predicted octanol–water partition coefficient (Wildman–Crippen LogP) is 0.740. The molecule has 0 spiro atoms. The number of nitrogens with zero attached hydrogens (tertiary/aromatic N) is 2. The number of rotatable bonds is 6. The van der Waals surface area contributed by atoms with Crippen LogP contribution >= 0.6 is 0 Å². The smallest absolute Gasteiger partial charge is 0.286 e. The minimum atomic E-state index is -0.385. The summed E-state index contributed by atoms with van der Waals surface area (Å²) in [5.74, 6) is 0. The topological polar surface area (TPSA) is 55.8 Å². The molecule has 0 amide bonds. The molecule has 1 unspecified atom stereocenters. The van der Waals surface area contributed by atoms with E-state index in [0.29, 0.717) is 13.0 Å². The summed E-state index contributed by atoms with van der Waals surface area (Å²) in [4.78, 5) is 4.41. The first kappa shape index (κ1) is 10.5. The Morgan fingerprint density at radius 2 is 2.42 bits per heavy atom. The van der Waals surface area contributed by atoms with E-state index in [9.17, 15) is 0 Å². The van der Waals surface area contributed by atoms with Gasteiger partial charge in [0.15, 0.2) is 6.10 Å². The first-order chi connectivity index (χ1) is 5.85. The van der Waals surface area contributed by atoms with E-state index in [2.05, 4.69) is 14.6 Å². The minimum Gasteiger partial charge on any atom is -0.420 e. The van der Waals surface area contributed by atoms with Crippen molar-refractivity contribution in [3.8, 4) is 6.26 Å². The van der Waals surface area contributed by atoms with Crippen molar-refractivity contribution < 1.29 is 14.3 Å². The zero-order chi connectivity index (χ0) is 9.23. The molecule has 0 aliphatic rings. The van der Waals surface area contributed by atoms with E-state index < -0.39 is 0 Å². The van der Waals surface area contributed by atoms with Crippen molar-refractivity contribution in [2.75, 3.05) is 20.3 Å². The molecule has 12 heavy (non-hydrogen) atoms. The van der Waals surface area contributed by atoms with Crippen molar-refractivity contribution in [2.45, 2.75) is 12.5 Å². The van der Waals surface area contributed by atoms with Gasteiger partial charge in [0.25, 0.3) is 6.26 Å². The highest BCUT2D eigenvalue weighted by atomic mass is 16.6. The van der Waals surface area contributed by atoms with Crippen LogP contribution in [0.5, 0.6) is 0 Å². The van der Waals surface area contributed by atoms with Crippen molar-refractivity contribution in [1.82, 2.24) is 0 Å². The first-order valence-corrected chi connectivity index (χ1v) is 3.37. The van der Waals surface area contributed by atoms with Gasteiger partial charge in [-0.15, -0.1) is 0 Å². The van der Waals surface area contributed by atoms with Gasteiger partial charge >= 0.3 is 0 Å². The average molecular weight is 170 g/mol. The lowest BCUT2D eigenvalue weighted by molar-refractivity contribution is 0.0492. The highest BCUT2D eigenvalue weighted by molar-refractivity contribution is 4.62. The van der Waals surface area contributed by atoms with Gasteiger partial charge in [-0.1, -0.05) is 0 Å². The summed E-state index contributed by atoms with van der Waals surface area (Å²) in [5, 5.41) is 10.9. The monoisotopic (exact) mass is 170 g/mol. The van der Waals surface area contributed by atoms with Crippen molar-refractivity contribution in [3.63, 3.8) is 0 Å². The van der Waals surface area contributed by atoms with Crippen LogP contribution in [-0.2, 0) is 14.3 Å². The second kappa shape index (κ2) is 7.64. The molecule has 0 aliphatic heterocycles. The van der Waals surface area contributed by atoms with Crippen LogP contribution < -0.4 is 0 Å². The summed E-state index contributed by atoms with van der Waals surface area (Å²) in [5.41, 5.74) is 0. The lowest BCUT2D eigenvalue weighted by atomic mass is 10.3. The largest absolute Gasteiger partial charge is 0.420 e. The maximum Gasteiger partial charge on any atom is 0.286 e. The van der Waals surface area contributed by atoms with Crippen LogP contribution in [0, 0.1) is 18.1 Å². The Morgan fingerprint density at radius 1 is 1.67 bits per heavy atom. The fourth-order valence-corrected chi connectivity index (χ4v) is 0.621. The first-order valence-electron chi connectivity index (χ1n) is 3.37. The Balaban J connectivity index is 3.57. The van der Waals surface area contributed by atoms with Gasteiger partial charge in [0, 0.05) is 20.1 Å². The van der Waals surface area contributed by atoms with Gasteiger partial charge in [-0.25, -0.2) is 0 Å². The SMILES string of the molecule is [C-]#[N+]OCC(CCOC)OC#N. The summed E-state index contributed by atoms with van der Waals surface area (Å²) < 4.78 is 9.38. The lowest BCUT2D eigenvalue weighted by Crippen LogP contribution is -2.18. The summed E-state index contributed by atoms with van der Waals surface area (Å²) >= 11 is 0. The van der Waals surface area contributed by atoms with Crippen LogP contribution in [0.4, 0.5) is 0 Å². The number of ether oxygens (including phenoxy) is 2. The summed E-state index contributed by atoms with van der Waals surface area (Å²) in [6.07, 6.45) is 1.70. The van der Waals surface area contributed by atoms with Gasteiger partial charge in [0.2, 0.25) is 6.61 Å². The molecule has 0 radical (unpaired) electrons. The molecule has 0 aliphatic carbocycles. The maximum atomic E-state index is 8.19. The quantitative estimate of drug-likeness (QED) is 0.335. The van der Waals surface area contributed by atoms with Crippen LogP contribution in [0.1, 0.15) is 6.42 Å². The Hall–Kier alpha value is -1.46. The number of nitriles is 1. The van der Waals surface area contributed by atoms with E-state index in [1.165, 1.54) is 0 Å². The molecule has 0 N–H and O–H groups in total. The standard InChI is InChI=1S/C7H10N2O3/c1-9-12-5-7(11-6-8)3-4-10-2/h7H,3-5H2,2H3. The zero-order valence-corrected chi connectivity index (χ0v) is 6.82. The Kier molecular flexibility index (Phi) is 6.71. The van der Waals surface area contributed by atoms with Crippen molar-refractivity contribution >= 4 is 0 Å². The zero-order valence-electron chi connectivity index (χ0n) is 6.82. The van der Waals surface area contributed by atoms with Gasteiger partial charge in [-0.3, -0.25) is 0 Å². The Bertz CT molecular complexity index is 182. The van der Waals surface area contributed by atoms with Gasteiger partial charge in [0.05, 0.1) is 0 Å². The van der Waals surface area contributed by atoms with Gasteiger partial charge in [-0.05, 0) is 5.01 Å². The molecular formula is C7H10N2O3. The number of hydrogen-bond donors (Lipinski definition) is 0. The third-order valence-electron chi connectivity index (χ3n) is 1.19. The third-order valence-corrected chi connectivity index (χ3v) is 1.19. The van der Waals surface area contributed by atoms with Crippen molar-refractivity contribution in [2.24, 2.45) is 0 Å². The highest BCUT2D eigenvalue weighted by Gasteiger charge is 2.11. The molecule has 66 valence electrons. The van der Waals surface area contributed by atoms with E-state index in [1.807, 2.05) is 0 Å². The Labute approximate surface area is 71.2 Å². The second-order valence-corrected chi connectivity index (χ2v) is 2.00. The molecule has 0 rings (SSSR count). The van der Waals surface area contributed by atoms with Crippen LogP contribution in [-0.4, -0.2) is 26.4 Å². The van der Waals surface area contributed by atoms with Crippen molar-refractivity contribution in [3.05, 3.63) is 11.6 Å². The molecule has 0 aromatic rings. The molecule has 0 heterocycles. The van der Waals surface area contributed by atoms with Crippen molar-refractivity contribution in [1.29, 1.82) is 5.26 Å². The van der Waals surface area contributed by atoms with E-state index in [1.54, 1.807) is 13.4 Å².